The first-order valence-corrected chi connectivity index (χ1v) is 12.1. The zero-order chi connectivity index (χ0) is 24.9. The predicted octanol–water partition coefficient (Wildman–Crippen LogP) is 3.11. The highest BCUT2D eigenvalue weighted by molar-refractivity contribution is 5.95. The number of carbonyl (C=O) groups is 3. The maximum Gasteiger partial charge on any atom is 0.254 e. The molecule has 0 N–H and O–H groups in total. The Balaban J connectivity index is 1.29. The normalized spacial score (nSPS) is 16.7. The van der Waals surface area contributed by atoms with Crippen LogP contribution in [0.5, 0.6) is 11.5 Å². The number of carbonyl (C=O) groups excluding carboxylic acids is 3. The summed E-state index contributed by atoms with van der Waals surface area (Å²) in [6.07, 6.45) is 1.33. The van der Waals surface area contributed by atoms with Crippen LogP contribution in [0.25, 0.3) is 0 Å². The van der Waals surface area contributed by atoms with Crippen molar-refractivity contribution >= 4 is 23.3 Å². The molecule has 2 saturated heterocycles. The Morgan fingerprint density at radius 3 is 1.83 bits per heavy atom. The van der Waals surface area contributed by atoms with Crippen LogP contribution in [0.2, 0.25) is 0 Å². The second-order valence-corrected chi connectivity index (χ2v) is 9.08. The van der Waals surface area contributed by atoms with Crippen LogP contribution in [-0.2, 0) is 4.79 Å². The minimum absolute atomic E-state index is 0.0553. The van der Waals surface area contributed by atoms with E-state index in [1.54, 1.807) is 44.2 Å². The fraction of sp³-hybridized carbons (Fsp3) is 0.444. The lowest BCUT2D eigenvalue weighted by Gasteiger charge is -2.39. The van der Waals surface area contributed by atoms with Gasteiger partial charge >= 0.3 is 0 Å². The van der Waals surface area contributed by atoms with Crippen molar-refractivity contribution in [1.82, 2.24) is 9.80 Å². The Kier molecular flexibility index (Phi) is 7.58. The molecule has 35 heavy (non-hydrogen) atoms. The van der Waals surface area contributed by atoms with Crippen LogP contribution in [0.15, 0.2) is 42.5 Å². The molecule has 2 fully saturated rings. The topological polar surface area (TPSA) is 79.4 Å². The number of piperazine rings is 1. The van der Waals surface area contributed by atoms with E-state index < -0.39 is 0 Å². The first kappa shape index (κ1) is 24.6. The predicted molar refractivity (Wildman–Crippen MR) is 133 cm³/mol. The lowest BCUT2D eigenvalue weighted by atomic mass is 9.94. The number of ketones is 1. The summed E-state index contributed by atoms with van der Waals surface area (Å²) in [6, 6.07) is 12.8. The number of amides is 2. The number of ether oxygens (including phenoxy) is 2. The molecule has 4 rings (SSSR count). The van der Waals surface area contributed by atoms with Gasteiger partial charge in [-0.1, -0.05) is 0 Å². The van der Waals surface area contributed by atoms with Crippen molar-refractivity contribution in [3.8, 4) is 11.5 Å². The molecule has 8 heteroatoms. The van der Waals surface area contributed by atoms with E-state index in [0.29, 0.717) is 61.6 Å². The maximum absolute atomic E-state index is 13.2. The molecule has 2 aliphatic rings. The smallest absolute Gasteiger partial charge is 0.254 e. The van der Waals surface area contributed by atoms with Gasteiger partial charge in [-0.2, -0.15) is 0 Å². The van der Waals surface area contributed by atoms with Crippen LogP contribution in [0.4, 0.5) is 5.69 Å². The first-order valence-electron chi connectivity index (χ1n) is 12.1. The summed E-state index contributed by atoms with van der Waals surface area (Å²) >= 11 is 0. The number of methoxy groups -OCH3 is 2. The van der Waals surface area contributed by atoms with Crippen molar-refractivity contribution < 1.29 is 23.9 Å². The number of piperidine rings is 1. The molecule has 0 aliphatic carbocycles. The standard InChI is InChI=1S/C27H33N3O5/c1-19(31)20-4-6-23(7-5-20)28-12-14-30(15-13-28)26(32)21-8-10-29(11-9-21)27(33)22-16-24(34-2)18-25(17-22)35-3/h4-7,16-18,21H,8-15H2,1-3H3. The number of Topliss-reactive ketones (excluding diaryl/α,β-unsaturated/α-hetero) is 1. The van der Waals surface area contributed by atoms with E-state index in [-0.39, 0.29) is 23.5 Å². The second-order valence-electron chi connectivity index (χ2n) is 9.08. The Morgan fingerprint density at radius 1 is 0.743 bits per heavy atom. The number of nitrogens with zero attached hydrogens (tertiary/aromatic N) is 3. The van der Waals surface area contributed by atoms with Crippen molar-refractivity contribution in [2.45, 2.75) is 19.8 Å². The third kappa shape index (κ3) is 5.58. The second kappa shape index (κ2) is 10.8. The summed E-state index contributed by atoms with van der Waals surface area (Å²) in [7, 11) is 3.12. The van der Waals surface area contributed by atoms with Crippen molar-refractivity contribution in [3.05, 3.63) is 53.6 Å². The van der Waals surface area contributed by atoms with E-state index in [2.05, 4.69) is 4.90 Å². The third-order valence-corrected chi connectivity index (χ3v) is 6.96. The molecule has 2 aliphatic heterocycles. The zero-order valence-electron chi connectivity index (χ0n) is 20.7. The minimum Gasteiger partial charge on any atom is -0.497 e. The summed E-state index contributed by atoms with van der Waals surface area (Å²) in [5.41, 5.74) is 2.31. The van der Waals surface area contributed by atoms with Crippen LogP contribution in [0.1, 0.15) is 40.5 Å². The summed E-state index contributed by atoms with van der Waals surface area (Å²) < 4.78 is 10.6. The number of hydrogen-bond donors (Lipinski definition) is 0. The molecule has 2 aromatic carbocycles. The Hall–Kier alpha value is -3.55. The largest absolute Gasteiger partial charge is 0.497 e. The monoisotopic (exact) mass is 479 g/mol. The Bertz CT molecular complexity index is 1050. The average Bonchev–Trinajstić information content (AvgIpc) is 2.92. The molecule has 8 nitrogen and oxygen atoms in total. The average molecular weight is 480 g/mol. The van der Waals surface area contributed by atoms with E-state index >= 15 is 0 Å². The Labute approximate surface area is 206 Å². The van der Waals surface area contributed by atoms with Crippen LogP contribution in [0.3, 0.4) is 0 Å². The van der Waals surface area contributed by atoms with Gasteiger partial charge in [0.05, 0.1) is 14.2 Å². The quantitative estimate of drug-likeness (QED) is 0.593. The number of anilines is 1. The number of rotatable bonds is 6. The fourth-order valence-corrected chi connectivity index (χ4v) is 4.79. The van der Waals surface area contributed by atoms with Crippen molar-refractivity contribution in [2.75, 3.05) is 58.4 Å². The minimum atomic E-state index is -0.0718. The molecule has 0 unspecified atom stereocenters. The molecule has 0 atom stereocenters. The van der Waals surface area contributed by atoms with Gasteiger partial charge in [0, 0.05) is 68.1 Å². The van der Waals surface area contributed by atoms with Gasteiger partial charge < -0.3 is 24.2 Å². The van der Waals surface area contributed by atoms with Crippen molar-refractivity contribution in [1.29, 1.82) is 0 Å². The molecule has 0 bridgehead atoms. The van der Waals surface area contributed by atoms with Gasteiger partial charge in [-0.05, 0) is 56.2 Å². The van der Waals surface area contributed by atoms with Gasteiger partial charge in [-0.3, -0.25) is 14.4 Å². The van der Waals surface area contributed by atoms with E-state index in [0.717, 1.165) is 18.8 Å². The number of benzene rings is 2. The fourth-order valence-electron chi connectivity index (χ4n) is 4.79. The molecule has 0 aromatic heterocycles. The molecule has 2 aromatic rings. The van der Waals surface area contributed by atoms with E-state index in [9.17, 15) is 14.4 Å². The molecule has 0 saturated carbocycles. The van der Waals surface area contributed by atoms with Crippen molar-refractivity contribution in [3.63, 3.8) is 0 Å². The van der Waals surface area contributed by atoms with E-state index in [1.807, 2.05) is 29.2 Å². The van der Waals surface area contributed by atoms with Gasteiger partial charge in [-0.25, -0.2) is 0 Å². The van der Waals surface area contributed by atoms with Gasteiger partial charge in [0.15, 0.2) is 5.78 Å². The molecular formula is C27H33N3O5. The van der Waals surface area contributed by atoms with Crippen LogP contribution in [0, 0.1) is 5.92 Å². The van der Waals surface area contributed by atoms with E-state index in [1.165, 1.54) is 0 Å². The molecule has 186 valence electrons. The highest BCUT2D eigenvalue weighted by Gasteiger charge is 2.32. The summed E-state index contributed by atoms with van der Waals surface area (Å²) in [5, 5.41) is 0. The number of likely N-dealkylation sites (tertiary alicyclic amines) is 1. The van der Waals surface area contributed by atoms with E-state index in [4.69, 9.17) is 9.47 Å². The van der Waals surface area contributed by atoms with Crippen molar-refractivity contribution in [2.24, 2.45) is 5.92 Å². The summed E-state index contributed by atoms with van der Waals surface area (Å²) in [5.74, 6) is 1.27. The van der Waals surface area contributed by atoms with Crippen LogP contribution >= 0.6 is 0 Å². The first-order chi connectivity index (χ1) is 16.9. The maximum atomic E-state index is 13.2. The molecular weight excluding hydrogens is 446 g/mol. The van der Waals surface area contributed by atoms with Crippen LogP contribution in [-0.4, -0.2) is 80.9 Å². The summed E-state index contributed by atoms with van der Waals surface area (Å²) in [4.78, 5) is 43.7. The lowest BCUT2D eigenvalue weighted by molar-refractivity contribution is -0.137. The summed E-state index contributed by atoms with van der Waals surface area (Å²) in [6.45, 7) is 5.55. The molecule has 2 heterocycles. The van der Waals surface area contributed by atoms with Crippen LogP contribution < -0.4 is 14.4 Å². The highest BCUT2D eigenvalue weighted by atomic mass is 16.5. The third-order valence-electron chi connectivity index (χ3n) is 6.96. The molecule has 0 radical (unpaired) electrons. The highest BCUT2D eigenvalue weighted by Crippen LogP contribution is 2.27. The molecule has 0 spiro atoms. The van der Waals surface area contributed by atoms with Gasteiger partial charge in [0.25, 0.3) is 5.91 Å². The lowest BCUT2D eigenvalue weighted by Crippen LogP contribution is -2.52. The van der Waals surface area contributed by atoms with Gasteiger partial charge in [-0.15, -0.1) is 0 Å². The van der Waals surface area contributed by atoms with Gasteiger partial charge in [0.1, 0.15) is 11.5 Å². The Morgan fingerprint density at radius 2 is 1.31 bits per heavy atom. The SMILES string of the molecule is COc1cc(OC)cc(C(=O)N2CCC(C(=O)N3CCN(c4ccc(C(C)=O)cc4)CC3)CC2)c1. The zero-order valence-corrected chi connectivity index (χ0v) is 20.7. The number of hydrogen-bond acceptors (Lipinski definition) is 6. The van der Waals surface area contributed by atoms with Gasteiger partial charge in [0.2, 0.25) is 5.91 Å². The molecule has 2 amide bonds.